The van der Waals surface area contributed by atoms with Crippen molar-refractivity contribution in [1.29, 1.82) is 0 Å². The SMILES string of the molecule is C=CCON1C(=O)N2C[C@H]1C=C[C@H]2C(=O)NC1CCN(C(=O)OC(C)(C)C)CC1. The largest absolute Gasteiger partial charge is 0.444 e. The van der Waals surface area contributed by atoms with E-state index in [1.807, 2.05) is 26.8 Å². The zero-order valence-corrected chi connectivity index (χ0v) is 17.3. The van der Waals surface area contributed by atoms with Crippen molar-refractivity contribution in [2.24, 2.45) is 0 Å². The van der Waals surface area contributed by atoms with Gasteiger partial charge in [0.1, 0.15) is 11.6 Å². The molecule has 9 heteroatoms. The molecule has 29 heavy (non-hydrogen) atoms. The fraction of sp³-hybridized carbons (Fsp3) is 0.650. The first-order valence-electron chi connectivity index (χ1n) is 10.00. The second-order valence-corrected chi connectivity index (χ2v) is 8.49. The van der Waals surface area contributed by atoms with Crippen LogP contribution in [0.15, 0.2) is 24.8 Å². The lowest BCUT2D eigenvalue weighted by molar-refractivity contribution is -0.125. The molecule has 0 aromatic rings. The third kappa shape index (κ3) is 4.90. The average molecular weight is 406 g/mol. The number of carbonyl (C=O) groups is 3. The van der Waals surface area contributed by atoms with Crippen LogP contribution in [0.5, 0.6) is 0 Å². The van der Waals surface area contributed by atoms with Gasteiger partial charge >= 0.3 is 12.1 Å². The molecule has 4 amide bonds. The number of carbonyl (C=O) groups excluding carboxylic acids is 3. The van der Waals surface area contributed by atoms with Crippen molar-refractivity contribution in [3.63, 3.8) is 0 Å². The second kappa shape index (κ2) is 8.44. The molecule has 0 radical (unpaired) electrons. The maximum atomic E-state index is 12.8. The van der Waals surface area contributed by atoms with Crippen LogP contribution >= 0.6 is 0 Å². The molecule has 3 aliphatic heterocycles. The Kier molecular flexibility index (Phi) is 6.16. The van der Waals surface area contributed by atoms with E-state index in [1.165, 1.54) is 9.96 Å². The Morgan fingerprint density at radius 3 is 2.59 bits per heavy atom. The maximum absolute atomic E-state index is 12.8. The summed E-state index contributed by atoms with van der Waals surface area (Å²) < 4.78 is 5.40. The molecule has 3 heterocycles. The van der Waals surface area contributed by atoms with E-state index in [-0.39, 0.29) is 36.7 Å². The molecule has 1 N–H and O–H groups in total. The number of ether oxygens (including phenoxy) is 1. The van der Waals surface area contributed by atoms with Gasteiger partial charge in [-0.3, -0.25) is 9.63 Å². The molecule has 160 valence electrons. The van der Waals surface area contributed by atoms with Crippen LogP contribution in [0.2, 0.25) is 0 Å². The first-order valence-corrected chi connectivity index (χ1v) is 10.00. The van der Waals surface area contributed by atoms with Crippen molar-refractivity contribution in [1.82, 2.24) is 20.2 Å². The molecule has 2 saturated heterocycles. The van der Waals surface area contributed by atoms with Crippen molar-refractivity contribution in [2.45, 2.75) is 57.3 Å². The van der Waals surface area contributed by atoms with E-state index in [1.54, 1.807) is 17.1 Å². The lowest BCUT2D eigenvalue weighted by Crippen LogP contribution is -2.53. The summed E-state index contributed by atoms with van der Waals surface area (Å²) in [6.07, 6.45) is 6.11. The van der Waals surface area contributed by atoms with Gasteiger partial charge in [-0.15, -0.1) is 6.58 Å². The van der Waals surface area contributed by atoms with Gasteiger partial charge in [-0.1, -0.05) is 18.2 Å². The van der Waals surface area contributed by atoms with Gasteiger partial charge < -0.3 is 19.9 Å². The normalized spacial score (nSPS) is 24.7. The first kappa shape index (κ1) is 21.2. The van der Waals surface area contributed by atoms with Crippen LogP contribution in [0, 0.1) is 0 Å². The van der Waals surface area contributed by atoms with Gasteiger partial charge in [0.2, 0.25) is 5.91 Å². The Balaban J connectivity index is 1.50. The van der Waals surface area contributed by atoms with Crippen LogP contribution in [0.4, 0.5) is 9.59 Å². The molecule has 2 atom stereocenters. The number of urea groups is 1. The number of hydroxylamine groups is 2. The minimum atomic E-state index is -0.653. The monoisotopic (exact) mass is 406 g/mol. The third-order valence-electron chi connectivity index (χ3n) is 5.06. The van der Waals surface area contributed by atoms with Gasteiger partial charge in [-0.2, -0.15) is 5.06 Å². The number of fused-ring (bicyclic) bond motifs is 2. The molecule has 0 saturated carbocycles. The predicted molar refractivity (Wildman–Crippen MR) is 106 cm³/mol. The predicted octanol–water partition coefficient (Wildman–Crippen LogP) is 1.66. The third-order valence-corrected chi connectivity index (χ3v) is 5.06. The number of nitrogens with one attached hydrogen (secondary N) is 1. The summed E-state index contributed by atoms with van der Waals surface area (Å²) in [5, 5.41) is 4.32. The number of hydrogen-bond acceptors (Lipinski definition) is 5. The Hall–Kier alpha value is -2.55. The smallest absolute Gasteiger partial charge is 0.410 e. The molecule has 3 rings (SSSR count). The lowest BCUT2D eigenvalue weighted by atomic mass is 10.0. The van der Waals surface area contributed by atoms with Crippen molar-refractivity contribution < 1.29 is 24.0 Å². The van der Waals surface area contributed by atoms with Crippen molar-refractivity contribution in [3.8, 4) is 0 Å². The molecule has 9 nitrogen and oxygen atoms in total. The summed E-state index contributed by atoms with van der Waals surface area (Å²) in [6, 6.07) is -1.21. The molecule has 2 bridgehead atoms. The van der Waals surface area contributed by atoms with E-state index in [4.69, 9.17) is 9.57 Å². The Morgan fingerprint density at radius 1 is 1.28 bits per heavy atom. The van der Waals surface area contributed by atoms with E-state index in [2.05, 4.69) is 11.9 Å². The highest BCUT2D eigenvalue weighted by Gasteiger charge is 2.45. The lowest BCUT2D eigenvalue weighted by Gasteiger charge is -2.34. The van der Waals surface area contributed by atoms with Crippen molar-refractivity contribution in [2.75, 3.05) is 26.2 Å². The number of hydrogen-bond donors (Lipinski definition) is 1. The summed E-state index contributed by atoms with van der Waals surface area (Å²) in [5.74, 6) is -0.214. The van der Waals surface area contributed by atoms with Crippen LogP contribution in [0.3, 0.4) is 0 Å². The van der Waals surface area contributed by atoms with Crippen LogP contribution < -0.4 is 5.32 Å². The van der Waals surface area contributed by atoms with Crippen LogP contribution in [-0.4, -0.2) is 82.9 Å². The Morgan fingerprint density at radius 2 is 1.97 bits per heavy atom. The molecule has 0 unspecified atom stereocenters. The van der Waals surface area contributed by atoms with Crippen molar-refractivity contribution >= 4 is 18.0 Å². The summed E-state index contributed by atoms with van der Waals surface area (Å²) in [4.78, 5) is 46.1. The Labute approximate surface area is 171 Å². The fourth-order valence-electron chi connectivity index (χ4n) is 3.66. The molecular formula is C20H30N4O5. The summed E-state index contributed by atoms with van der Waals surface area (Å²) >= 11 is 0. The molecule has 0 aromatic heterocycles. The zero-order valence-electron chi connectivity index (χ0n) is 17.3. The first-order chi connectivity index (χ1) is 13.7. The van der Waals surface area contributed by atoms with E-state index >= 15 is 0 Å². The summed E-state index contributed by atoms with van der Waals surface area (Å²) in [6.45, 7) is 10.8. The topological polar surface area (TPSA) is 91.4 Å². The summed E-state index contributed by atoms with van der Waals surface area (Å²) in [5.41, 5.74) is -0.529. The highest BCUT2D eigenvalue weighted by Crippen LogP contribution is 2.26. The van der Waals surface area contributed by atoms with Crippen LogP contribution in [0.25, 0.3) is 0 Å². The van der Waals surface area contributed by atoms with Gasteiger partial charge in [0.25, 0.3) is 0 Å². The van der Waals surface area contributed by atoms with Crippen LogP contribution in [0.1, 0.15) is 33.6 Å². The van der Waals surface area contributed by atoms with Crippen molar-refractivity contribution in [3.05, 3.63) is 24.8 Å². The molecule has 2 fully saturated rings. The zero-order chi connectivity index (χ0) is 21.2. The number of amides is 4. The molecule has 0 aromatic carbocycles. The quantitative estimate of drug-likeness (QED) is 0.701. The highest BCUT2D eigenvalue weighted by molar-refractivity contribution is 5.90. The number of piperidine rings is 1. The van der Waals surface area contributed by atoms with E-state index in [0.717, 1.165) is 0 Å². The minimum Gasteiger partial charge on any atom is -0.444 e. The average Bonchev–Trinajstić information content (AvgIpc) is 2.89. The van der Waals surface area contributed by atoms with E-state index in [0.29, 0.717) is 32.5 Å². The number of nitrogens with zero attached hydrogens (tertiary/aromatic N) is 3. The molecule has 0 aliphatic carbocycles. The van der Waals surface area contributed by atoms with Gasteiger partial charge in [-0.05, 0) is 33.6 Å². The standard InChI is InChI=1S/C20H30N4O5/c1-5-12-28-24-15-6-7-16(23(13-15)18(24)26)17(25)21-14-8-10-22(11-9-14)19(27)29-20(2,3)4/h5-7,14-16H,1,8-13H2,2-4H3,(H,21,25)/t15-,16+/m1/s1. The fourth-order valence-corrected chi connectivity index (χ4v) is 3.66. The number of likely N-dealkylation sites (tertiary alicyclic amines) is 1. The number of rotatable bonds is 5. The highest BCUT2D eigenvalue weighted by atomic mass is 16.7. The minimum absolute atomic E-state index is 0.0434. The second-order valence-electron chi connectivity index (χ2n) is 8.49. The molecular weight excluding hydrogens is 376 g/mol. The Bertz CT molecular complexity index is 693. The van der Waals surface area contributed by atoms with Gasteiger partial charge in [0, 0.05) is 19.1 Å². The van der Waals surface area contributed by atoms with Gasteiger partial charge in [-0.25, -0.2) is 9.59 Å². The molecule has 3 aliphatic rings. The van der Waals surface area contributed by atoms with E-state index < -0.39 is 11.6 Å². The van der Waals surface area contributed by atoms with Crippen LogP contribution in [-0.2, 0) is 14.4 Å². The van der Waals surface area contributed by atoms with Gasteiger partial charge in [0.05, 0.1) is 19.2 Å². The molecule has 0 spiro atoms. The summed E-state index contributed by atoms with van der Waals surface area (Å²) in [7, 11) is 0. The maximum Gasteiger partial charge on any atom is 0.410 e. The van der Waals surface area contributed by atoms with Gasteiger partial charge in [0.15, 0.2) is 0 Å². The van der Waals surface area contributed by atoms with E-state index in [9.17, 15) is 14.4 Å².